The van der Waals surface area contributed by atoms with Crippen molar-refractivity contribution in [1.29, 1.82) is 5.26 Å². The van der Waals surface area contributed by atoms with Crippen molar-refractivity contribution in [3.05, 3.63) is 84.6 Å². The third-order valence-electron chi connectivity index (χ3n) is 7.44. The van der Waals surface area contributed by atoms with Gasteiger partial charge in [0.1, 0.15) is 17.7 Å². The number of hydrogen-bond acceptors (Lipinski definition) is 8. The van der Waals surface area contributed by atoms with E-state index in [4.69, 9.17) is 4.98 Å². The summed E-state index contributed by atoms with van der Waals surface area (Å²) in [6, 6.07) is 10.7. The highest BCUT2D eigenvalue weighted by Gasteiger charge is 2.27. The second kappa shape index (κ2) is 12.2. The van der Waals surface area contributed by atoms with Crippen LogP contribution in [-0.4, -0.2) is 74.0 Å². The van der Waals surface area contributed by atoms with Gasteiger partial charge in [0.15, 0.2) is 0 Å². The van der Waals surface area contributed by atoms with Crippen molar-refractivity contribution in [2.45, 2.75) is 12.8 Å². The largest absolute Gasteiger partial charge is 0.354 e. The van der Waals surface area contributed by atoms with Gasteiger partial charge in [-0.1, -0.05) is 5.92 Å². The highest BCUT2D eigenvalue weighted by Crippen LogP contribution is 2.32. The highest BCUT2D eigenvalue weighted by molar-refractivity contribution is 7.89. The second-order valence-electron chi connectivity index (χ2n) is 10.4. The quantitative estimate of drug-likeness (QED) is 0.258. The average molecular weight is 610 g/mol. The standard InChI is InChI=1S/C31H28FN9O2S/c1-38-21-26(20-36-38)24-15-29(31-25(17-33)19-37-41(31)22-24)23-6-7-30(35-18-23)39-10-12-40(13-11-39)44(42,43)14-4-2-3-5-28-16-27(32)8-9-34-28/h6-9,15-16,18-22H,4-5,10-14H2,1H3. The summed E-state index contributed by atoms with van der Waals surface area (Å²) in [5, 5.41) is 18.4. The van der Waals surface area contributed by atoms with Crippen LogP contribution in [-0.2, 0) is 23.5 Å². The third-order valence-corrected chi connectivity index (χ3v) is 9.32. The summed E-state index contributed by atoms with van der Waals surface area (Å²) in [5.74, 6) is 6.04. The molecule has 0 aromatic carbocycles. The number of hydrogen-bond donors (Lipinski definition) is 0. The number of piperazine rings is 1. The van der Waals surface area contributed by atoms with E-state index in [1.54, 1.807) is 27.8 Å². The first-order valence-corrected chi connectivity index (χ1v) is 15.6. The molecule has 1 saturated heterocycles. The Labute approximate surface area is 254 Å². The van der Waals surface area contributed by atoms with Gasteiger partial charge < -0.3 is 4.90 Å². The molecular formula is C31H28FN9O2S. The highest BCUT2D eigenvalue weighted by atomic mass is 32.2. The molecule has 0 saturated carbocycles. The lowest BCUT2D eigenvalue weighted by Gasteiger charge is -2.34. The zero-order valence-corrected chi connectivity index (χ0v) is 24.7. The molecule has 0 bridgehead atoms. The Hall–Kier alpha value is -5.11. The van der Waals surface area contributed by atoms with Gasteiger partial charge in [0.25, 0.3) is 0 Å². The van der Waals surface area contributed by atoms with Gasteiger partial charge in [0, 0.05) is 86.7 Å². The van der Waals surface area contributed by atoms with Crippen molar-refractivity contribution < 1.29 is 12.8 Å². The van der Waals surface area contributed by atoms with Crippen LogP contribution in [0.1, 0.15) is 17.7 Å². The minimum absolute atomic E-state index is 0.0740. The van der Waals surface area contributed by atoms with E-state index >= 15 is 0 Å². The van der Waals surface area contributed by atoms with E-state index in [9.17, 15) is 18.1 Å². The van der Waals surface area contributed by atoms with E-state index in [0.717, 1.165) is 28.1 Å². The number of rotatable bonds is 7. The summed E-state index contributed by atoms with van der Waals surface area (Å²) in [6.45, 7) is 1.71. The zero-order chi connectivity index (χ0) is 30.7. The van der Waals surface area contributed by atoms with E-state index in [1.165, 1.54) is 22.6 Å². The second-order valence-corrected chi connectivity index (χ2v) is 12.4. The van der Waals surface area contributed by atoms with Gasteiger partial charge in [0.2, 0.25) is 10.0 Å². The first kappa shape index (κ1) is 29.0. The van der Waals surface area contributed by atoms with Crippen LogP contribution >= 0.6 is 0 Å². The van der Waals surface area contributed by atoms with Gasteiger partial charge in [-0.25, -0.2) is 22.3 Å². The summed E-state index contributed by atoms with van der Waals surface area (Å²) in [5.41, 5.74) is 5.16. The Morgan fingerprint density at radius 2 is 1.77 bits per heavy atom. The van der Waals surface area contributed by atoms with Crippen LogP contribution in [0.4, 0.5) is 10.2 Å². The Balaban J connectivity index is 1.11. The Bertz CT molecular complexity index is 2030. The van der Waals surface area contributed by atoms with Gasteiger partial charge >= 0.3 is 0 Å². The molecule has 0 aliphatic carbocycles. The maximum Gasteiger partial charge on any atom is 0.215 e. The molecule has 222 valence electrons. The molecule has 0 amide bonds. The summed E-state index contributed by atoms with van der Waals surface area (Å²) < 4.78 is 44.0. The Morgan fingerprint density at radius 1 is 0.932 bits per heavy atom. The molecule has 1 aliphatic rings. The summed E-state index contributed by atoms with van der Waals surface area (Å²) in [4.78, 5) is 10.8. The van der Waals surface area contributed by atoms with Gasteiger partial charge in [-0.05, 0) is 30.3 Å². The molecule has 0 atom stereocenters. The zero-order valence-electron chi connectivity index (χ0n) is 23.9. The topological polar surface area (TPSA) is 125 Å². The smallest absolute Gasteiger partial charge is 0.215 e. The van der Waals surface area contributed by atoms with Crippen molar-refractivity contribution in [1.82, 2.24) is 33.7 Å². The number of aromatic nitrogens is 6. The maximum atomic E-state index is 13.3. The minimum Gasteiger partial charge on any atom is -0.354 e. The van der Waals surface area contributed by atoms with Crippen LogP contribution in [0.25, 0.3) is 27.8 Å². The number of fused-ring (bicyclic) bond motifs is 1. The van der Waals surface area contributed by atoms with Crippen molar-refractivity contribution in [3.8, 4) is 40.2 Å². The summed E-state index contributed by atoms with van der Waals surface area (Å²) >= 11 is 0. The van der Waals surface area contributed by atoms with Crippen molar-refractivity contribution in [2.24, 2.45) is 7.05 Å². The molecule has 0 unspecified atom stereocenters. The summed E-state index contributed by atoms with van der Waals surface area (Å²) in [6.07, 6.45) is 10.7. The fourth-order valence-electron chi connectivity index (χ4n) is 5.18. The summed E-state index contributed by atoms with van der Waals surface area (Å²) in [7, 11) is -1.61. The molecule has 13 heteroatoms. The predicted molar refractivity (Wildman–Crippen MR) is 163 cm³/mol. The fourth-order valence-corrected chi connectivity index (χ4v) is 6.51. The van der Waals surface area contributed by atoms with Crippen molar-refractivity contribution in [3.63, 3.8) is 0 Å². The molecule has 44 heavy (non-hydrogen) atoms. The number of aryl methyl sites for hydroxylation is 1. The van der Waals surface area contributed by atoms with Gasteiger partial charge in [0.05, 0.1) is 41.3 Å². The average Bonchev–Trinajstić information content (AvgIpc) is 3.66. The first-order chi connectivity index (χ1) is 21.3. The molecule has 0 N–H and O–H groups in total. The van der Waals surface area contributed by atoms with E-state index < -0.39 is 10.0 Å². The predicted octanol–water partition coefficient (Wildman–Crippen LogP) is 3.29. The van der Waals surface area contributed by atoms with Crippen LogP contribution in [0.3, 0.4) is 0 Å². The molecule has 1 aliphatic heterocycles. The molecule has 11 nitrogen and oxygen atoms in total. The minimum atomic E-state index is -3.46. The van der Waals surface area contributed by atoms with Gasteiger partial charge in [-0.2, -0.15) is 19.8 Å². The van der Waals surface area contributed by atoms with Crippen LogP contribution in [0.15, 0.2) is 67.5 Å². The Morgan fingerprint density at radius 3 is 2.48 bits per heavy atom. The fraction of sp³-hybridized carbons (Fsp3) is 0.258. The number of nitrogens with zero attached hydrogens (tertiary/aromatic N) is 9. The molecule has 1 fully saturated rings. The van der Waals surface area contributed by atoms with Gasteiger partial charge in [-0.3, -0.25) is 9.67 Å². The van der Waals surface area contributed by atoms with Crippen molar-refractivity contribution >= 4 is 21.4 Å². The number of pyridine rings is 3. The van der Waals surface area contributed by atoms with Crippen LogP contribution in [0, 0.1) is 29.0 Å². The molecule has 5 aromatic heterocycles. The maximum absolute atomic E-state index is 13.3. The lowest BCUT2D eigenvalue weighted by molar-refractivity contribution is 0.384. The van der Waals surface area contributed by atoms with E-state index in [-0.39, 0.29) is 24.4 Å². The molecule has 6 rings (SSSR count). The Kier molecular flexibility index (Phi) is 8.07. The normalized spacial score (nSPS) is 13.9. The molecular weight excluding hydrogens is 581 g/mol. The van der Waals surface area contributed by atoms with E-state index in [2.05, 4.69) is 38.0 Å². The number of halogens is 1. The van der Waals surface area contributed by atoms with Crippen LogP contribution in [0.5, 0.6) is 0 Å². The lowest BCUT2D eigenvalue weighted by atomic mass is 10.0. The number of sulfonamides is 1. The molecule has 6 heterocycles. The molecule has 0 radical (unpaired) electrons. The number of anilines is 1. The number of nitriles is 1. The first-order valence-electron chi connectivity index (χ1n) is 14.0. The van der Waals surface area contributed by atoms with Crippen molar-refractivity contribution in [2.75, 3.05) is 36.8 Å². The van der Waals surface area contributed by atoms with E-state index in [0.29, 0.717) is 43.0 Å². The van der Waals surface area contributed by atoms with E-state index in [1.807, 2.05) is 37.6 Å². The monoisotopic (exact) mass is 609 g/mol. The third kappa shape index (κ3) is 6.15. The van der Waals surface area contributed by atoms with Crippen LogP contribution in [0.2, 0.25) is 0 Å². The lowest BCUT2D eigenvalue weighted by Crippen LogP contribution is -2.49. The van der Waals surface area contributed by atoms with Crippen LogP contribution < -0.4 is 4.90 Å². The molecule has 0 spiro atoms. The van der Waals surface area contributed by atoms with Gasteiger partial charge in [-0.15, -0.1) is 5.92 Å². The SMILES string of the molecule is Cn1cc(-c2cc(-c3ccc(N4CCN(S(=O)(=O)CCC#CCc5cc(F)ccn5)CC4)nc3)c3c(C#N)cnn3c2)cn1. The molecule has 5 aromatic rings.